The maximum Gasteiger partial charge on any atom is 0.240 e. The first-order chi connectivity index (χ1) is 10.5. The molecule has 116 valence electrons. The first-order valence-electron chi connectivity index (χ1n) is 6.57. The van der Waals surface area contributed by atoms with E-state index in [1.807, 2.05) is 0 Å². The van der Waals surface area contributed by atoms with Crippen LogP contribution in [0.1, 0.15) is 6.42 Å². The second kappa shape index (κ2) is 7.15. The lowest BCUT2D eigenvalue weighted by molar-refractivity contribution is -0.116. The summed E-state index contributed by atoms with van der Waals surface area (Å²) in [5.74, 6) is -0.754. The van der Waals surface area contributed by atoms with E-state index in [-0.39, 0.29) is 23.8 Å². The van der Waals surface area contributed by atoms with Crippen molar-refractivity contribution in [2.75, 3.05) is 11.9 Å². The molecule has 0 saturated carbocycles. The quantitative estimate of drug-likeness (QED) is 0.855. The van der Waals surface area contributed by atoms with Crippen LogP contribution in [0.4, 0.5) is 10.1 Å². The summed E-state index contributed by atoms with van der Waals surface area (Å²) in [5, 5.41) is 2.55. The second-order valence-electron chi connectivity index (χ2n) is 4.52. The van der Waals surface area contributed by atoms with E-state index >= 15 is 0 Å². The third-order valence-electron chi connectivity index (χ3n) is 2.83. The number of amides is 1. The minimum atomic E-state index is -3.61. The number of sulfonamides is 1. The molecular weight excluding hydrogens is 307 g/mol. The molecule has 2 rings (SSSR count). The zero-order valence-electron chi connectivity index (χ0n) is 11.6. The van der Waals surface area contributed by atoms with Crippen molar-refractivity contribution in [1.29, 1.82) is 0 Å². The second-order valence-corrected chi connectivity index (χ2v) is 6.28. The molecule has 0 aromatic heterocycles. The predicted molar refractivity (Wildman–Crippen MR) is 81.3 cm³/mol. The first-order valence-corrected chi connectivity index (χ1v) is 8.06. The third kappa shape index (κ3) is 4.64. The SMILES string of the molecule is O=C(CCNS(=O)(=O)c1ccccc1)Nc1ccc(F)cc1. The van der Waals surface area contributed by atoms with Crippen LogP contribution in [0.3, 0.4) is 0 Å². The molecule has 2 aromatic carbocycles. The summed E-state index contributed by atoms with van der Waals surface area (Å²) in [6.45, 7) is -0.0236. The van der Waals surface area contributed by atoms with Crippen molar-refractivity contribution in [2.45, 2.75) is 11.3 Å². The van der Waals surface area contributed by atoms with Gasteiger partial charge in [-0.05, 0) is 36.4 Å². The van der Waals surface area contributed by atoms with Gasteiger partial charge in [0.2, 0.25) is 15.9 Å². The number of hydrogen-bond acceptors (Lipinski definition) is 3. The Kier molecular flexibility index (Phi) is 5.24. The molecule has 0 fully saturated rings. The Morgan fingerprint density at radius 1 is 1.00 bits per heavy atom. The van der Waals surface area contributed by atoms with Crippen LogP contribution in [0, 0.1) is 5.82 Å². The molecule has 0 atom stereocenters. The lowest BCUT2D eigenvalue weighted by Gasteiger charge is -2.07. The van der Waals surface area contributed by atoms with Gasteiger partial charge in [-0.15, -0.1) is 0 Å². The summed E-state index contributed by atoms with van der Waals surface area (Å²) < 4.78 is 38.9. The van der Waals surface area contributed by atoms with E-state index in [1.165, 1.54) is 36.4 Å². The molecule has 5 nitrogen and oxygen atoms in total. The molecular formula is C15H15FN2O3S. The number of rotatable bonds is 6. The molecule has 2 aromatic rings. The minimum Gasteiger partial charge on any atom is -0.326 e. The van der Waals surface area contributed by atoms with E-state index in [0.717, 1.165) is 0 Å². The fraction of sp³-hybridized carbons (Fsp3) is 0.133. The highest BCUT2D eigenvalue weighted by Crippen LogP contribution is 2.09. The van der Waals surface area contributed by atoms with Gasteiger partial charge in [-0.2, -0.15) is 0 Å². The number of halogens is 1. The zero-order chi connectivity index (χ0) is 16.0. The Morgan fingerprint density at radius 2 is 1.64 bits per heavy atom. The van der Waals surface area contributed by atoms with E-state index in [9.17, 15) is 17.6 Å². The molecule has 0 aliphatic heterocycles. The molecule has 1 amide bonds. The van der Waals surface area contributed by atoms with E-state index < -0.39 is 15.8 Å². The molecule has 22 heavy (non-hydrogen) atoms. The van der Waals surface area contributed by atoms with Gasteiger partial charge in [0.15, 0.2) is 0 Å². The van der Waals surface area contributed by atoms with Gasteiger partial charge in [0, 0.05) is 18.7 Å². The van der Waals surface area contributed by atoms with Crippen molar-refractivity contribution < 1.29 is 17.6 Å². The van der Waals surface area contributed by atoms with Gasteiger partial charge in [-0.1, -0.05) is 18.2 Å². The summed E-state index contributed by atoms with van der Waals surface area (Å²) in [6.07, 6.45) is -0.0244. The molecule has 2 N–H and O–H groups in total. The lowest BCUT2D eigenvalue weighted by Crippen LogP contribution is -2.27. The van der Waals surface area contributed by atoms with Gasteiger partial charge in [-0.3, -0.25) is 4.79 Å². The summed E-state index contributed by atoms with van der Waals surface area (Å²) >= 11 is 0. The largest absolute Gasteiger partial charge is 0.326 e. The summed E-state index contributed by atoms with van der Waals surface area (Å²) in [5.41, 5.74) is 0.456. The molecule has 7 heteroatoms. The number of carbonyl (C=O) groups is 1. The number of carbonyl (C=O) groups excluding carboxylic acids is 1. The van der Waals surface area contributed by atoms with Crippen LogP contribution < -0.4 is 10.0 Å². The number of nitrogens with one attached hydrogen (secondary N) is 2. The van der Waals surface area contributed by atoms with Gasteiger partial charge in [0.1, 0.15) is 5.82 Å². The van der Waals surface area contributed by atoms with Crippen molar-refractivity contribution in [1.82, 2.24) is 4.72 Å². The smallest absolute Gasteiger partial charge is 0.240 e. The number of anilines is 1. The predicted octanol–water partition coefficient (Wildman–Crippen LogP) is 2.13. The van der Waals surface area contributed by atoms with Crippen LogP contribution in [0.2, 0.25) is 0 Å². The molecule has 0 bridgehead atoms. The molecule has 0 radical (unpaired) electrons. The molecule has 0 aliphatic rings. The fourth-order valence-electron chi connectivity index (χ4n) is 1.74. The van der Waals surface area contributed by atoms with Crippen LogP contribution in [0.15, 0.2) is 59.5 Å². The Labute approximate surface area is 128 Å². The van der Waals surface area contributed by atoms with Crippen molar-refractivity contribution in [3.63, 3.8) is 0 Å². The van der Waals surface area contributed by atoms with Gasteiger partial charge in [-0.25, -0.2) is 17.5 Å². The third-order valence-corrected chi connectivity index (χ3v) is 4.30. The number of benzene rings is 2. The van der Waals surface area contributed by atoms with E-state index in [4.69, 9.17) is 0 Å². The van der Waals surface area contributed by atoms with Crippen LogP contribution >= 0.6 is 0 Å². The van der Waals surface area contributed by atoms with Crippen LogP contribution in [0.25, 0.3) is 0 Å². The fourth-order valence-corrected chi connectivity index (χ4v) is 2.79. The average molecular weight is 322 g/mol. The Balaban J connectivity index is 1.83. The van der Waals surface area contributed by atoms with Crippen molar-refractivity contribution in [3.05, 3.63) is 60.4 Å². The van der Waals surface area contributed by atoms with Crippen LogP contribution in [-0.4, -0.2) is 20.9 Å². The molecule has 0 aliphatic carbocycles. The Morgan fingerprint density at radius 3 is 2.27 bits per heavy atom. The molecule has 0 saturated heterocycles. The lowest BCUT2D eigenvalue weighted by atomic mass is 10.3. The van der Waals surface area contributed by atoms with Gasteiger partial charge >= 0.3 is 0 Å². The van der Waals surface area contributed by atoms with Gasteiger partial charge < -0.3 is 5.32 Å². The normalized spacial score (nSPS) is 11.1. The van der Waals surface area contributed by atoms with Crippen molar-refractivity contribution in [3.8, 4) is 0 Å². The molecule has 0 heterocycles. The van der Waals surface area contributed by atoms with Gasteiger partial charge in [0.05, 0.1) is 4.90 Å². The summed E-state index contributed by atoms with van der Waals surface area (Å²) in [4.78, 5) is 11.8. The maximum atomic E-state index is 12.7. The Hall–Kier alpha value is -2.25. The topological polar surface area (TPSA) is 75.3 Å². The van der Waals surface area contributed by atoms with E-state index in [0.29, 0.717) is 5.69 Å². The van der Waals surface area contributed by atoms with Crippen molar-refractivity contribution in [2.24, 2.45) is 0 Å². The van der Waals surface area contributed by atoms with Crippen LogP contribution in [-0.2, 0) is 14.8 Å². The highest BCUT2D eigenvalue weighted by atomic mass is 32.2. The summed E-state index contributed by atoms with van der Waals surface area (Å²) in [7, 11) is -3.61. The van der Waals surface area contributed by atoms with E-state index in [1.54, 1.807) is 18.2 Å². The molecule has 0 spiro atoms. The average Bonchev–Trinajstić information content (AvgIpc) is 2.50. The standard InChI is InChI=1S/C15H15FN2O3S/c16-12-6-8-13(9-7-12)18-15(19)10-11-17-22(20,21)14-4-2-1-3-5-14/h1-9,17H,10-11H2,(H,18,19). The first kappa shape index (κ1) is 16.1. The maximum absolute atomic E-state index is 12.7. The summed E-state index contributed by atoms with van der Waals surface area (Å²) in [6, 6.07) is 13.2. The zero-order valence-corrected chi connectivity index (χ0v) is 12.4. The minimum absolute atomic E-state index is 0.0236. The van der Waals surface area contributed by atoms with Crippen LogP contribution in [0.5, 0.6) is 0 Å². The van der Waals surface area contributed by atoms with Crippen molar-refractivity contribution >= 4 is 21.6 Å². The monoisotopic (exact) mass is 322 g/mol. The molecule has 0 unspecified atom stereocenters. The number of hydrogen-bond donors (Lipinski definition) is 2. The van der Waals surface area contributed by atoms with Gasteiger partial charge in [0.25, 0.3) is 0 Å². The highest BCUT2D eigenvalue weighted by molar-refractivity contribution is 7.89. The highest BCUT2D eigenvalue weighted by Gasteiger charge is 2.13. The van der Waals surface area contributed by atoms with E-state index in [2.05, 4.69) is 10.0 Å². The Bertz CT molecular complexity index is 731.